The molecule has 0 radical (unpaired) electrons. The third-order valence-corrected chi connectivity index (χ3v) is 4.02. The van der Waals surface area contributed by atoms with Gasteiger partial charge in [-0.2, -0.15) is 0 Å². The van der Waals surface area contributed by atoms with Crippen molar-refractivity contribution in [2.24, 2.45) is 0 Å². The fourth-order valence-electron chi connectivity index (χ4n) is 2.63. The molecule has 0 saturated heterocycles. The number of rotatable bonds is 16. The number of carbonyl (C=O) groups is 1. The van der Waals surface area contributed by atoms with Gasteiger partial charge in [0, 0.05) is 32.7 Å². The van der Waals surface area contributed by atoms with Gasteiger partial charge in [0.15, 0.2) is 0 Å². The third-order valence-electron chi connectivity index (χ3n) is 4.02. The summed E-state index contributed by atoms with van der Waals surface area (Å²) < 4.78 is 0. The number of hydrogen-bond donors (Lipinski definition) is 2. The molecule has 4 heteroatoms. The minimum Gasteiger partial charge on any atom is -0.396 e. The largest absolute Gasteiger partial charge is 0.396 e. The molecule has 2 N–H and O–H groups in total. The summed E-state index contributed by atoms with van der Waals surface area (Å²) in [5, 5.41) is 17.8. The molecule has 0 aromatic carbocycles. The second-order valence-electron chi connectivity index (χ2n) is 6.11. The van der Waals surface area contributed by atoms with Gasteiger partial charge in [0.25, 0.3) is 0 Å². The Hall–Kier alpha value is -0.610. The van der Waals surface area contributed by atoms with Crippen LogP contribution < -0.4 is 0 Å². The van der Waals surface area contributed by atoms with Crippen molar-refractivity contribution in [1.82, 2.24) is 4.90 Å². The number of nitrogens with zero attached hydrogens (tertiary/aromatic N) is 1. The zero-order chi connectivity index (χ0) is 16.5. The summed E-state index contributed by atoms with van der Waals surface area (Å²) >= 11 is 0. The van der Waals surface area contributed by atoms with Crippen LogP contribution in [-0.4, -0.2) is 47.3 Å². The van der Waals surface area contributed by atoms with Gasteiger partial charge in [-0.15, -0.1) is 0 Å². The van der Waals surface area contributed by atoms with Crippen LogP contribution >= 0.6 is 0 Å². The Morgan fingerprint density at radius 2 is 1.18 bits per heavy atom. The van der Waals surface area contributed by atoms with E-state index in [0.29, 0.717) is 32.4 Å². The zero-order valence-corrected chi connectivity index (χ0v) is 14.6. The molecule has 0 unspecified atom stereocenters. The smallest absolute Gasteiger partial charge is 0.222 e. The van der Waals surface area contributed by atoms with Crippen LogP contribution in [-0.2, 0) is 4.79 Å². The molecule has 132 valence electrons. The fourth-order valence-corrected chi connectivity index (χ4v) is 2.63. The minimum atomic E-state index is 0.112. The highest BCUT2D eigenvalue weighted by Crippen LogP contribution is 2.11. The van der Waals surface area contributed by atoms with E-state index >= 15 is 0 Å². The van der Waals surface area contributed by atoms with Crippen LogP contribution in [0.5, 0.6) is 0 Å². The normalized spacial score (nSPS) is 10.9. The molecule has 0 atom stereocenters. The highest BCUT2D eigenvalue weighted by atomic mass is 16.3. The summed E-state index contributed by atoms with van der Waals surface area (Å²) in [5.41, 5.74) is 0. The molecule has 0 bridgehead atoms. The maximum atomic E-state index is 12.1. The van der Waals surface area contributed by atoms with E-state index in [9.17, 15) is 4.79 Å². The van der Waals surface area contributed by atoms with E-state index in [2.05, 4.69) is 6.92 Å². The SMILES string of the molecule is CCCCCCCCCCCC(=O)N(CCCO)CCCO. The Bertz CT molecular complexity index is 238. The molecule has 22 heavy (non-hydrogen) atoms. The summed E-state index contributed by atoms with van der Waals surface area (Å²) in [5.74, 6) is 0.171. The number of aliphatic hydroxyl groups is 2. The van der Waals surface area contributed by atoms with Gasteiger partial charge >= 0.3 is 0 Å². The van der Waals surface area contributed by atoms with Gasteiger partial charge in [0.1, 0.15) is 0 Å². The first-order valence-corrected chi connectivity index (χ1v) is 9.25. The van der Waals surface area contributed by atoms with Gasteiger partial charge < -0.3 is 15.1 Å². The van der Waals surface area contributed by atoms with Crippen LogP contribution in [0.4, 0.5) is 0 Å². The van der Waals surface area contributed by atoms with E-state index in [0.717, 1.165) is 12.8 Å². The molecule has 0 fully saturated rings. The van der Waals surface area contributed by atoms with E-state index < -0.39 is 0 Å². The second kappa shape index (κ2) is 16.8. The van der Waals surface area contributed by atoms with E-state index in [4.69, 9.17) is 10.2 Å². The lowest BCUT2D eigenvalue weighted by Crippen LogP contribution is -2.33. The predicted octanol–water partition coefficient (Wildman–Crippen LogP) is 3.50. The maximum absolute atomic E-state index is 12.1. The molecule has 0 saturated carbocycles. The van der Waals surface area contributed by atoms with Crippen molar-refractivity contribution in [3.8, 4) is 0 Å². The molecule has 0 aromatic rings. The molecule has 1 amide bonds. The molecule has 4 nitrogen and oxygen atoms in total. The van der Waals surface area contributed by atoms with E-state index in [1.54, 1.807) is 4.90 Å². The summed E-state index contributed by atoms with van der Waals surface area (Å²) in [6, 6.07) is 0. The van der Waals surface area contributed by atoms with Crippen molar-refractivity contribution < 1.29 is 15.0 Å². The maximum Gasteiger partial charge on any atom is 0.222 e. The number of carbonyl (C=O) groups excluding carboxylic acids is 1. The van der Waals surface area contributed by atoms with Gasteiger partial charge in [-0.1, -0.05) is 58.3 Å². The first-order valence-electron chi connectivity index (χ1n) is 9.25. The quantitative estimate of drug-likeness (QED) is 0.429. The highest BCUT2D eigenvalue weighted by Gasteiger charge is 2.11. The first-order chi connectivity index (χ1) is 10.8. The van der Waals surface area contributed by atoms with Crippen molar-refractivity contribution in [3.05, 3.63) is 0 Å². The molecular formula is C18H37NO3. The highest BCUT2D eigenvalue weighted by molar-refractivity contribution is 5.76. The van der Waals surface area contributed by atoms with Crippen LogP contribution in [0.15, 0.2) is 0 Å². The molecule has 0 aliphatic heterocycles. The summed E-state index contributed by atoms with van der Waals surface area (Å²) in [4.78, 5) is 13.9. The van der Waals surface area contributed by atoms with Crippen molar-refractivity contribution in [2.75, 3.05) is 26.3 Å². The van der Waals surface area contributed by atoms with Crippen LogP contribution in [0.25, 0.3) is 0 Å². The number of aliphatic hydroxyl groups excluding tert-OH is 2. The van der Waals surface area contributed by atoms with Crippen molar-refractivity contribution in [2.45, 2.75) is 84.0 Å². The first kappa shape index (κ1) is 21.4. The van der Waals surface area contributed by atoms with Crippen LogP contribution in [0, 0.1) is 0 Å². The van der Waals surface area contributed by atoms with Gasteiger partial charge in [-0.25, -0.2) is 0 Å². The topological polar surface area (TPSA) is 60.8 Å². The minimum absolute atomic E-state index is 0.112. The van der Waals surface area contributed by atoms with Gasteiger partial charge in [-0.3, -0.25) is 4.79 Å². The Morgan fingerprint density at radius 3 is 1.64 bits per heavy atom. The molecule has 0 aliphatic carbocycles. The van der Waals surface area contributed by atoms with E-state index in [1.807, 2.05) is 0 Å². The molecular weight excluding hydrogens is 278 g/mol. The summed E-state index contributed by atoms with van der Waals surface area (Å²) in [6.07, 6.45) is 13.1. The average Bonchev–Trinajstić information content (AvgIpc) is 2.53. The molecule has 0 aliphatic rings. The standard InChI is InChI=1S/C18H37NO3/c1-2-3-4-5-6-7-8-9-10-13-18(22)19(14-11-16-20)15-12-17-21/h20-21H,2-17H2,1H3. The second-order valence-corrected chi connectivity index (χ2v) is 6.11. The zero-order valence-electron chi connectivity index (χ0n) is 14.6. The van der Waals surface area contributed by atoms with Gasteiger partial charge in [0.2, 0.25) is 5.91 Å². The Labute approximate surface area is 136 Å². The summed E-state index contributed by atoms with van der Waals surface area (Å²) in [6.45, 7) is 3.67. The molecule has 0 rings (SSSR count). The molecule has 0 heterocycles. The number of unbranched alkanes of at least 4 members (excludes halogenated alkanes) is 8. The Morgan fingerprint density at radius 1 is 0.727 bits per heavy atom. The van der Waals surface area contributed by atoms with E-state index in [-0.39, 0.29) is 19.1 Å². The van der Waals surface area contributed by atoms with Crippen molar-refractivity contribution >= 4 is 5.91 Å². The number of hydrogen-bond acceptors (Lipinski definition) is 3. The number of amides is 1. The predicted molar refractivity (Wildman–Crippen MR) is 91.8 cm³/mol. The Balaban J connectivity index is 3.61. The molecule has 0 spiro atoms. The van der Waals surface area contributed by atoms with Crippen LogP contribution in [0.3, 0.4) is 0 Å². The van der Waals surface area contributed by atoms with Crippen molar-refractivity contribution in [3.63, 3.8) is 0 Å². The van der Waals surface area contributed by atoms with E-state index in [1.165, 1.54) is 44.9 Å². The van der Waals surface area contributed by atoms with Crippen molar-refractivity contribution in [1.29, 1.82) is 0 Å². The van der Waals surface area contributed by atoms with Crippen LogP contribution in [0.1, 0.15) is 84.0 Å². The molecule has 0 aromatic heterocycles. The lowest BCUT2D eigenvalue weighted by molar-refractivity contribution is -0.131. The summed E-state index contributed by atoms with van der Waals surface area (Å²) in [7, 11) is 0. The van der Waals surface area contributed by atoms with Gasteiger partial charge in [-0.05, 0) is 19.3 Å². The fraction of sp³-hybridized carbons (Fsp3) is 0.944. The Kier molecular flexibility index (Phi) is 16.3. The van der Waals surface area contributed by atoms with Crippen LogP contribution in [0.2, 0.25) is 0 Å². The van der Waals surface area contributed by atoms with Gasteiger partial charge in [0.05, 0.1) is 0 Å². The third kappa shape index (κ3) is 13.1. The lowest BCUT2D eigenvalue weighted by Gasteiger charge is -2.22. The average molecular weight is 315 g/mol. The lowest BCUT2D eigenvalue weighted by atomic mass is 10.1. The monoisotopic (exact) mass is 315 g/mol.